The Labute approximate surface area is 168 Å². The number of ether oxygens (including phenoxy) is 1. The molecule has 0 unspecified atom stereocenters. The van der Waals surface area contributed by atoms with Crippen LogP contribution in [0.5, 0.6) is 5.75 Å². The van der Waals surface area contributed by atoms with Gasteiger partial charge in [-0.2, -0.15) is 0 Å². The van der Waals surface area contributed by atoms with E-state index in [0.29, 0.717) is 5.92 Å². The normalized spacial score (nSPS) is 21.7. The van der Waals surface area contributed by atoms with Crippen molar-refractivity contribution in [1.82, 2.24) is 24.6 Å². The van der Waals surface area contributed by atoms with E-state index in [0.717, 1.165) is 43.6 Å². The van der Waals surface area contributed by atoms with Crippen LogP contribution < -0.4 is 4.74 Å². The molecule has 4 rings (SSSR count). The van der Waals surface area contributed by atoms with E-state index in [2.05, 4.69) is 43.7 Å². The number of benzene rings is 1. The van der Waals surface area contributed by atoms with Crippen LogP contribution in [0.3, 0.4) is 0 Å². The molecule has 1 aromatic heterocycles. The van der Waals surface area contributed by atoms with Gasteiger partial charge in [-0.3, -0.25) is 9.80 Å². The molecule has 1 atom stereocenters. The van der Waals surface area contributed by atoms with Crippen LogP contribution in [0.4, 0.5) is 0 Å². The molecule has 1 aromatic carbocycles. The molecule has 6 nitrogen and oxygen atoms in total. The predicted molar refractivity (Wildman–Crippen MR) is 110 cm³/mol. The van der Waals surface area contributed by atoms with Gasteiger partial charge in [0.05, 0.1) is 13.7 Å². The molecule has 0 amide bonds. The van der Waals surface area contributed by atoms with Crippen LogP contribution in [-0.2, 0) is 20.1 Å². The van der Waals surface area contributed by atoms with E-state index < -0.39 is 0 Å². The van der Waals surface area contributed by atoms with Gasteiger partial charge in [0, 0.05) is 26.1 Å². The van der Waals surface area contributed by atoms with E-state index in [1.54, 1.807) is 7.11 Å². The molecule has 0 saturated carbocycles. The molecule has 2 fully saturated rings. The summed E-state index contributed by atoms with van der Waals surface area (Å²) < 4.78 is 7.53. The summed E-state index contributed by atoms with van der Waals surface area (Å²) in [5, 5.41) is 9.16. The van der Waals surface area contributed by atoms with E-state index in [1.165, 1.54) is 50.8 Å². The van der Waals surface area contributed by atoms with Crippen LogP contribution in [0.15, 0.2) is 24.3 Å². The maximum absolute atomic E-state index is 5.27. The SMILES string of the molecule is COc1ccc(CN2CCC[C@@H](c3nnc(CN4CCCCC4)n3C)C2)cc1. The number of piperidine rings is 2. The Bertz CT molecular complexity index is 751. The third-order valence-electron chi connectivity index (χ3n) is 6.25. The Kier molecular flexibility index (Phi) is 6.27. The quantitative estimate of drug-likeness (QED) is 0.767. The first-order valence-electron chi connectivity index (χ1n) is 10.7. The fourth-order valence-corrected chi connectivity index (χ4v) is 4.59. The third-order valence-corrected chi connectivity index (χ3v) is 6.25. The number of rotatable bonds is 6. The second kappa shape index (κ2) is 9.05. The minimum atomic E-state index is 0.472. The van der Waals surface area contributed by atoms with Gasteiger partial charge in [0.1, 0.15) is 17.4 Å². The highest BCUT2D eigenvalue weighted by atomic mass is 16.5. The van der Waals surface area contributed by atoms with Gasteiger partial charge in [0.25, 0.3) is 0 Å². The first-order chi connectivity index (χ1) is 13.7. The van der Waals surface area contributed by atoms with E-state index in [4.69, 9.17) is 4.74 Å². The monoisotopic (exact) mass is 383 g/mol. The molecule has 2 aromatic rings. The van der Waals surface area contributed by atoms with Gasteiger partial charge >= 0.3 is 0 Å². The van der Waals surface area contributed by atoms with Crippen molar-refractivity contribution >= 4 is 0 Å². The molecule has 28 heavy (non-hydrogen) atoms. The first kappa shape index (κ1) is 19.4. The fraction of sp³-hybridized carbons (Fsp3) is 0.636. The number of likely N-dealkylation sites (tertiary alicyclic amines) is 2. The van der Waals surface area contributed by atoms with Crippen molar-refractivity contribution in [3.8, 4) is 5.75 Å². The minimum absolute atomic E-state index is 0.472. The lowest BCUT2D eigenvalue weighted by Gasteiger charge is -2.32. The molecule has 0 radical (unpaired) electrons. The van der Waals surface area contributed by atoms with Crippen LogP contribution in [-0.4, -0.2) is 57.9 Å². The molecule has 2 saturated heterocycles. The van der Waals surface area contributed by atoms with Crippen molar-refractivity contribution in [2.75, 3.05) is 33.3 Å². The van der Waals surface area contributed by atoms with E-state index in [1.807, 2.05) is 12.1 Å². The average Bonchev–Trinajstić information content (AvgIpc) is 3.10. The van der Waals surface area contributed by atoms with Crippen molar-refractivity contribution in [1.29, 1.82) is 0 Å². The molecular formula is C22H33N5O. The smallest absolute Gasteiger partial charge is 0.146 e. The number of aromatic nitrogens is 3. The van der Waals surface area contributed by atoms with E-state index in [9.17, 15) is 0 Å². The van der Waals surface area contributed by atoms with Crippen molar-refractivity contribution in [2.24, 2.45) is 7.05 Å². The summed E-state index contributed by atoms with van der Waals surface area (Å²) >= 11 is 0. The largest absolute Gasteiger partial charge is 0.497 e. The van der Waals surface area contributed by atoms with Gasteiger partial charge in [0.2, 0.25) is 0 Å². The summed E-state index contributed by atoms with van der Waals surface area (Å²) in [7, 11) is 3.86. The summed E-state index contributed by atoms with van der Waals surface area (Å²) in [6, 6.07) is 8.43. The lowest BCUT2D eigenvalue weighted by atomic mass is 9.96. The lowest BCUT2D eigenvalue weighted by molar-refractivity contribution is 0.194. The molecule has 2 aliphatic heterocycles. The lowest BCUT2D eigenvalue weighted by Crippen LogP contribution is -2.35. The summed E-state index contributed by atoms with van der Waals surface area (Å²) in [4.78, 5) is 5.07. The number of hydrogen-bond donors (Lipinski definition) is 0. The van der Waals surface area contributed by atoms with Crippen LogP contribution >= 0.6 is 0 Å². The van der Waals surface area contributed by atoms with Crippen LogP contribution in [0, 0.1) is 0 Å². The molecule has 3 heterocycles. The van der Waals surface area contributed by atoms with Crippen molar-refractivity contribution in [3.05, 3.63) is 41.5 Å². The Morgan fingerprint density at radius 1 is 0.929 bits per heavy atom. The summed E-state index contributed by atoms with van der Waals surface area (Å²) in [5.74, 6) is 3.66. The molecule has 0 N–H and O–H groups in total. The van der Waals surface area contributed by atoms with Crippen molar-refractivity contribution in [3.63, 3.8) is 0 Å². The zero-order valence-corrected chi connectivity index (χ0v) is 17.3. The summed E-state index contributed by atoms with van der Waals surface area (Å²) in [6.45, 7) is 6.52. The Hall–Kier alpha value is -1.92. The maximum Gasteiger partial charge on any atom is 0.146 e. The summed E-state index contributed by atoms with van der Waals surface area (Å²) in [5.41, 5.74) is 1.34. The molecule has 6 heteroatoms. The van der Waals surface area contributed by atoms with Gasteiger partial charge in [-0.05, 0) is 63.0 Å². The highest BCUT2D eigenvalue weighted by Crippen LogP contribution is 2.27. The molecule has 0 aliphatic carbocycles. The Balaban J connectivity index is 1.38. The highest BCUT2D eigenvalue weighted by molar-refractivity contribution is 5.27. The second-order valence-corrected chi connectivity index (χ2v) is 8.29. The van der Waals surface area contributed by atoms with E-state index >= 15 is 0 Å². The third kappa shape index (κ3) is 4.55. The van der Waals surface area contributed by atoms with Gasteiger partial charge in [0.15, 0.2) is 0 Å². The molecule has 2 aliphatic rings. The van der Waals surface area contributed by atoms with Crippen molar-refractivity contribution in [2.45, 2.75) is 51.1 Å². The first-order valence-corrected chi connectivity index (χ1v) is 10.7. The van der Waals surface area contributed by atoms with Gasteiger partial charge < -0.3 is 9.30 Å². The number of hydrogen-bond acceptors (Lipinski definition) is 5. The number of nitrogens with zero attached hydrogens (tertiary/aromatic N) is 5. The average molecular weight is 384 g/mol. The van der Waals surface area contributed by atoms with Crippen molar-refractivity contribution < 1.29 is 4.74 Å². The standard InChI is InChI=1S/C22H33N5O/c1-25-21(17-26-12-4-3-5-13-26)23-24-22(25)19-7-6-14-27(16-19)15-18-8-10-20(28-2)11-9-18/h8-11,19H,3-7,12-17H2,1-2H3/t19-/m1/s1. The minimum Gasteiger partial charge on any atom is -0.497 e. The van der Waals surface area contributed by atoms with Crippen LogP contribution in [0.1, 0.15) is 55.2 Å². The predicted octanol–water partition coefficient (Wildman–Crippen LogP) is 3.19. The molecule has 152 valence electrons. The molecule has 0 spiro atoms. The second-order valence-electron chi connectivity index (χ2n) is 8.29. The maximum atomic E-state index is 5.27. The molecule has 0 bridgehead atoms. The molecular weight excluding hydrogens is 350 g/mol. The Morgan fingerprint density at radius 3 is 2.43 bits per heavy atom. The van der Waals surface area contributed by atoms with Gasteiger partial charge in [-0.15, -0.1) is 10.2 Å². The zero-order chi connectivity index (χ0) is 19.3. The summed E-state index contributed by atoms with van der Waals surface area (Å²) in [6.07, 6.45) is 6.41. The van der Waals surface area contributed by atoms with Crippen LogP contribution in [0.2, 0.25) is 0 Å². The zero-order valence-electron chi connectivity index (χ0n) is 17.3. The van der Waals surface area contributed by atoms with Gasteiger partial charge in [-0.25, -0.2) is 0 Å². The number of methoxy groups -OCH3 is 1. The fourth-order valence-electron chi connectivity index (χ4n) is 4.59. The topological polar surface area (TPSA) is 46.4 Å². The Morgan fingerprint density at radius 2 is 1.68 bits per heavy atom. The van der Waals surface area contributed by atoms with Gasteiger partial charge in [-0.1, -0.05) is 18.6 Å². The van der Waals surface area contributed by atoms with E-state index in [-0.39, 0.29) is 0 Å². The van der Waals surface area contributed by atoms with Crippen LogP contribution in [0.25, 0.3) is 0 Å². The highest BCUT2D eigenvalue weighted by Gasteiger charge is 2.26.